The summed E-state index contributed by atoms with van der Waals surface area (Å²) in [7, 11) is -3.53. The maximum Gasteiger partial charge on any atom is 0.273 e. The van der Waals surface area contributed by atoms with E-state index in [0.717, 1.165) is 5.56 Å². The van der Waals surface area contributed by atoms with E-state index in [1.165, 1.54) is 4.80 Å². The summed E-state index contributed by atoms with van der Waals surface area (Å²) in [5.41, 5.74) is 2.02. The van der Waals surface area contributed by atoms with E-state index in [-0.39, 0.29) is 24.5 Å². The topological polar surface area (TPSA) is 106 Å². The van der Waals surface area contributed by atoms with E-state index in [0.29, 0.717) is 16.4 Å². The molecule has 8 nitrogen and oxygen atoms in total. The van der Waals surface area contributed by atoms with Crippen LogP contribution in [0.3, 0.4) is 0 Å². The Balaban J connectivity index is 1.55. The Morgan fingerprint density at radius 1 is 1.10 bits per heavy atom. The molecule has 29 heavy (non-hydrogen) atoms. The minimum atomic E-state index is -3.53. The first kappa shape index (κ1) is 21.0. The fraction of sp³-hybridized carbons (Fsp3) is 0.211. The van der Waals surface area contributed by atoms with Crippen LogP contribution in [0.2, 0.25) is 5.02 Å². The molecule has 2 aromatic carbocycles. The molecular weight excluding hydrogens is 414 g/mol. The third-order valence-corrected chi connectivity index (χ3v) is 5.59. The lowest BCUT2D eigenvalue weighted by atomic mass is 10.2. The molecule has 3 rings (SSSR count). The highest BCUT2D eigenvalue weighted by Gasteiger charge is 2.17. The van der Waals surface area contributed by atoms with Gasteiger partial charge in [-0.05, 0) is 30.7 Å². The molecule has 10 heteroatoms. The molecule has 0 radical (unpaired) electrons. The molecule has 0 bridgehead atoms. The van der Waals surface area contributed by atoms with Crippen molar-refractivity contribution in [2.75, 3.05) is 12.3 Å². The second kappa shape index (κ2) is 9.17. The van der Waals surface area contributed by atoms with Crippen molar-refractivity contribution in [3.63, 3.8) is 0 Å². The van der Waals surface area contributed by atoms with Gasteiger partial charge >= 0.3 is 0 Å². The van der Waals surface area contributed by atoms with Crippen molar-refractivity contribution in [2.24, 2.45) is 0 Å². The number of aryl methyl sites for hydroxylation is 1. The highest BCUT2D eigenvalue weighted by atomic mass is 35.5. The van der Waals surface area contributed by atoms with Gasteiger partial charge in [0.2, 0.25) is 10.0 Å². The number of hydrogen-bond donors (Lipinski definition) is 2. The molecular formula is C19H20ClN5O3S. The van der Waals surface area contributed by atoms with E-state index >= 15 is 0 Å². The van der Waals surface area contributed by atoms with Crippen LogP contribution in [0.1, 0.15) is 21.7 Å². The number of nitrogens with zero attached hydrogens (tertiary/aromatic N) is 3. The first-order valence-electron chi connectivity index (χ1n) is 8.83. The van der Waals surface area contributed by atoms with Gasteiger partial charge in [0.1, 0.15) is 0 Å². The fourth-order valence-electron chi connectivity index (χ4n) is 2.55. The first-order chi connectivity index (χ1) is 13.8. The highest BCUT2D eigenvalue weighted by molar-refractivity contribution is 7.89. The minimum absolute atomic E-state index is 0.0492. The van der Waals surface area contributed by atoms with Crippen LogP contribution >= 0.6 is 11.6 Å². The Morgan fingerprint density at radius 3 is 2.59 bits per heavy atom. The molecule has 0 unspecified atom stereocenters. The lowest BCUT2D eigenvalue weighted by molar-refractivity contribution is 0.0950. The second-order valence-corrected chi connectivity index (χ2v) is 8.65. The van der Waals surface area contributed by atoms with Crippen LogP contribution < -0.4 is 10.0 Å². The normalized spacial score (nSPS) is 11.4. The second-order valence-electron chi connectivity index (χ2n) is 6.28. The van der Waals surface area contributed by atoms with E-state index in [1.54, 1.807) is 31.2 Å². The number of aromatic nitrogens is 3. The largest absolute Gasteiger partial charge is 0.350 e. The lowest BCUT2D eigenvalue weighted by Gasteiger charge is -2.07. The predicted octanol–water partition coefficient (Wildman–Crippen LogP) is 2.08. The van der Waals surface area contributed by atoms with Crippen LogP contribution in [0.5, 0.6) is 0 Å². The van der Waals surface area contributed by atoms with E-state index in [2.05, 4.69) is 20.2 Å². The maximum atomic E-state index is 12.4. The third-order valence-electron chi connectivity index (χ3n) is 4.03. The van der Waals surface area contributed by atoms with Gasteiger partial charge in [-0.15, -0.1) is 5.10 Å². The Hall–Kier alpha value is -2.75. The molecule has 0 saturated carbocycles. The van der Waals surface area contributed by atoms with E-state index in [1.807, 2.05) is 30.3 Å². The summed E-state index contributed by atoms with van der Waals surface area (Å²) in [5, 5.41) is 11.5. The molecule has 0 atom stereocenters. The first-order valence-corrected chi connectivity index (χ1v) is 10.9. The number of benzene rings is 2. The van der Waals surface area contributed by atoms with Crippen molar-refractivity contribution in [2.45, 2.75) is 13.5 Å². The zero-order valence-corrected chi connectivity index (χ0v) is 17.2. The predicted molar refractivity (Wildman–Crippen MR) is 111 cm³/mol. The summed E-state index contributed by atoms with van der Waals surface area (Å²) in [5.74, 6) is -0.735. The van der Waals surface area contributed by atoms with E-state index in [4.69, 9.17) is 11.6 Å². The number of carbonyl (C=O) groups is 1. The SMILES string of the molecule is Cc1nn(-c2cccc(Cl)c2)nc1C(=O)NCCS(=O)(=O)NCc1ccccc1. The molecule has 0 fully saturated rings. The Kier molecular flexibility index (Phi) is 6.63. The summed E-state index contributed by atoms with van der Waals surface area (Å²) in [6.07, 6.45) is 0. The van der Waals surface area contributed by atoms with Crippen LogP contribution in [0, 0.1) is 6.92 Å². The monoisotopic (exact) mass is 433 g/mol. The zero-order chi connectivity index (χ0) is 20.9. The summed E-state index contributed by atoms with van der Waals surface area (Å²) in [6, 6.07) is 16.1. The van der Waals surface area contributed by atoms with Crippen molar-refractivity contribution >= 4 is 27.5 Å². The van der Waals surface area contributed by atoms with Crippen molar-refractivity contribution in [3.05, 3.63) is 76.6 Å². The third kappa shape index (κ3) is 5.86. The quantitative estimate of drug-likeness (QED) is 0.565. The number of halogens is 1. The summed E-state index contributed by atoms with van der Waals surface area (Å²) < 4.78 is 26.7. The minimum Gasteiger partial charge on any atom is -0.350 e. The van der Waals surface area contributed by atoms with Gasteiger partial charge in [0.15, 0.2) is 5.69 Å². The van der Waals surface area contributed by atoms with Gasteiger partial charge in [-0.1, -0.05) is 48.0 Å². The molecule has 0 aliphatic heterocycles. The van der Waals surface area contributed by atoms with Crippen LogP contribution in [-0.4, -0.2) is 41.6 Å². The number of carbonyl (C=O) groups excluding carboxylic acids is 1. The Bertz CT molecular complexity index is 1100. The molecule has 3 aromatic rings. The fourth-order valence-corrected chi connectivity index (χ4v) is 3.63. The van der Waals surface area contributed by atoms with Crippen molar-refractivity contribution in [3.8, 4) is 5.69 Å². The molecule has 0 saturated heterocycles. The van der Waals surface area contributed by atoms with Gasteiger partial charge < -0.3 is 5.32 Å². The van der Waals surface area contributed by atoms with Crippen LogP contribution in [-0.2, 0) is 16.6 Å². The zero-order valence-electron chi connectivity index (χ0n) is 15.7. The summed E-state index contributed by atoms with van der Waals surface area (Å²) in [4.78, 5) is 13.7. The van der Waals surface area contributed by atoms with Crippen LogP contribution in [0.15, 0.2) is 54.6 Å². The van der Waals surface area contributed by atoms with Gasteiger partial charge in [-0.25, -0.2) is 13.1 Å². The number of sulfonamides is 1. The van der Waals surface area contributed by atoms with Crippen molar-refractivity contribution in [1.82, 2.24) is 25.0 Å². The van der Waals surface area contributed by atoms with Crippen LogP contribution in [0.25, 0.3) is 5.69 Å². The smallest absolute Gasteiger partial charge is 0.273 e. The number of nitrogens with one attached hydrogen (secondary N) is 2. The maximum absolute atomic E-state index is 12.4. The average Bonchev–Trinajstić information content (AvgIpc) is 3.09. The van der Waals surface area contributed by atoms with Gasteiger partial charge in [0.25, 0.3) is 5.91 Å². The average molecular weight is 434 g/mol. The molecule has 1 aromatic heterocycles. The van der Waals surface area contributed by atoms with E-state index in [9.17, 15) is 13.2 Å². The number of amides is 1. The molecule has 0 aliphatic carbocycles. The molecule has 2 N–H and O–H groups in total. The van der Waals surface area contributed by atoms with Gasteiger partial charge in [-0.3, -0.25) is 4.79 Å². The molecule has 1 amide bonds. The summed E-state index contributed by atoms with van der Waals surface area (Å²) >= 11 is 5.97. The highest BCUT2D eigenvalue weighted by Crippen LogP contribution is 2.14. The Morgan fingerprint density at radius 2 is 1.86 bits per heavy atom. The standard InChI is InChI=1S/C19H20ClN5O3S/c1-14-18(24-25(23-14)17-9-5-8-16(20)12-17)19(26)21-10-11-29(27,28)22-13-15-6-3-2-4-7-15/h2-9,12,22H,10-11,13H2,1H3,(H,21,26). The molecule has 152 valence electrons. The van der Waals surface area contributed by atoms with Crippen molar-refractivity contribution < 1.29 is 13.2 Å². The van der Waals surface area contributed by atoms with Gasteiger partial charge in [0.05, 0.1) is 17.1 Å². The number of rotatable bonds is 8. The van der Waals surface area contributed by atoms with Crippen molar-refractivity contribution in [1.29, 1.82) is 0 Å². The summed E-state index contributed by atoms with van der Waals surface area (Å²) in [6.45, 7) is 1.80. The number of hydrogen-bond acceptors (Lipinski definition) is 5. The van der Waals surface area contributed by atoms with Gasteiger partial charge in [0, 0.05) is 18.1 Å². The molecule has 0 aliphatic rings. The van der Waals surface area contributed by atoms with E-state index < -0.39 is 15.9 Å². The molecule has 0 spiro atoms. The van der Waals surface area contributed by atoms with Gasteiger partial charge in [-0.2, -0.15) is 9.90 Å². The lowest BCUT2D eigenvalue weighted by Crippen LogP contribution is -2.34. The van der Waals surface area contributed by atoms with Crippen LogP contribution in [0.4, 0.5) is 0 Å². The molecule has 1 heterocycles. The Labute approximate surface area is 173 Å².